The molecule has 0 bridgehead atoms. The van der Waals surface area contributed by atoms with Gasteiger partial charge in [-0.2, -0.15) is 9.78 Å². The zero-order valence-corrected chi connectivity index (χ0v) is 23.0. The number of pyridine rings is 1. The Kier molecular flexibility index (Phi) is 6.82. The lowest BCUT2D eigenvalue weighted by atomic mass is 9.96. The Labute approximate surface area is 225 Å². The fourth-order valence-corrected chi connectivity index (χ4v) is 6.37. The molecule has 0 spiro atoms. The standard InChI is InChI=1S/C29H29N5O4S/c1-18(2)26-16-33(39(37,38)17-21-8-6-5-7-9-21)27-14-30-22(13-25(26)27)12-24-19(3)10-23(11-20(24)4)34-29(36)32-28(35)15-31-34/h5-11,13-16,18H,12,17H2,1-4H3,(H,32,35,36). The van der Waals surface area contributed by atoms with Gasteiger partial charge in [0.05, 0.1) is 23.2 Å². The van der Waals surface area contributed by atoms with Crippen molar-refractivity contribution in [1.82, 2.24) is 23.7 Å². The zero-order valence-electron chi connectivity index (χ0n) is 22.2. The second kappa shape index (κ2) is 10.1. The molecular formula is C29H29N5O4S. The average Bonchev–Trinajstić information content (AvgIpc) is 3.27. The van der Waals surface area contributed by atoms with Crippen molar-refractivity contribution in [2.75, 3.05) is 0 Å². The van der Waals surface area contributed by atoms with Crippen LogP contribution in [0.5, 0.6) is 0 Å². The van der Waals surface area contributed by atoms with Crippen molar-refractivity contribution in [1.29, 1.82) is 0 Å². The highest BCUT2D eigenvalue weighted by Gasteiger charge is 2.22. The van der Waals surface area contributed by atoms with Crippen molar-refractivity contribution >= 4 is 20.9 Å². The van der Waals surface area contributed by atoms with Crippen LogP contribution in [0.15, 0.2) is 76.7 Å². The van der Waals surface area contributed by atoms with Crippen LogP contribution in [-0.2, 0) is 22.2 Å². The third-order valence-electron chi connectivity index (χ3n) is 6.85. The van der Waals surface area contributed by atoms with Crippen LogP contribution in [0.2, 0.25) is 0 Å². The number of benzene rings is 2. The van der Waals surface area contributed by atoms with Gasteiger partial charge < -0.3 is 0 Å². The second-order valence-corrected chi connectivity index (χ2v) is 11.9. The van der Waals surface area contributed by atoms with Gasteiger partial charge in [-0.1, -0.05) is 44.2 Å². The minimum Gasteiger partial charge on any atom is -0.271 e. The Balaban J connectivity index is 1.52. The molecule has 2 aromatic carbocycles. The molecule has 0 radical (unpaired) electrons. The fraction of sp³-hybridized carbons (Fsp3) is 0.241. The zero-order chi connectivity index (χ0) is 27.9. The van der Waals surface area contributed by atoms with Gasteiger partial charge in [-0.05, 0) is 65.8 Å². The largest absolute Gasteiger partial charge is 0.349 e. The van der Waals surface area contributed by atoms with E-state index in [1.54, 1.807) is 12.4 Å². The number of aromatic nitrogens is 5. The molecule has 0 saturated heterocycles. The van der Waals surface area contributed by atoms with E-state index in [4.69, 9.17) is 0 Å². The normalized spacial score (nSPS) is 11.9. The summed E-state index contributed by atoms with van der Waals surface area (Å²) in [6.45, 7) is 7.99. The van der Waals surface area contributed by atoms with Crippen LogP contribution >= 0.6 is 0 Å². The highest BCUT2D eigenvalue weighted by atomic mass is 32.2. The molecule has 3 aromatic heterocycles. The number of rotatable bonds is 7. The molecule has 39 heavy (non-hydrogen) atoms. The summed E-state index contributed by atoms with van der Waals surface area (Å²) in [6.07, 6.45) is 4.96. The summed E-state index contributed by atoms with van der Waals surface area (Å²) in [6, 6.07) is 14.8. The lowest BCUT2D eigenvalue weighted by Crippen LogP contribution is -2.30. The van der Waals surface area contributed by atoms with E-state index >= 15 is 0 Å². The van der Waals surface area contributed by atoms with Crippen molar-refractivity contribution in [3.8, 4) is 5.69 Å². The highest BCUT2D eigenvalue weighted by Crippen LogP contribution is 2.31. The number of aryl methyl sites for hydroxylation is 2. The first kappa shape index (κ1) is 26.3. The molecule has 3 heterocycles. The quantitative estimate of drug-likeness (QED) is 0.332. The fourth-order valence-electron chi connectivity index (χ4n) is 4.89. The van der Waals surface area contributed by atoms with Crippen molar-refractivity contribution in [2.24, 2.45) is 0 Å². The maximum absolute atomic E-state index is 13.4. The molecule has 0 amide bonds. The molecular weight excluding hydrogens is 514 g/mol. The third-order valence-corrected chi connectivity index (χ3v) is 8.45. The van der Waals surface area contributed by atoms with Gasteiger partial charge in [0.2, 0.25) is 10.0 Å². The molecule has 0 saturated carbocycles. The van der Waals surface area contributed by atoms with Gasteiger partial charge in [0, 0.05) is 23.7 Å². The van der Waals surface area contributed by atoms with Crippen LogP contribution in [0.4, 0.5) is 0 Å². The number of hydrogen-bond acceptors (Lipinski definition) is 6. The Morgan fingerprint density at radius 3 is 2.31 bits per heavy atom. The molecule has 1 N–H and O–H groups in total. The summed E-state index contributed by atoms with van der Waals surface area (Å²) in [5.74, 6) is 0.0105. The number of aromatic amines is 1. The summed E-state index contributed by atoms with van der Waals surface area (Å²) in [4.78, 5) is 30.5. The Morgan fingerprint density at radius 2 is 1.67 bits per heavy atom. The molecule has 200 valence electrons. The first-order valence-corrected chi connectivity index (χ1v) is 14.2. The summed E-state index contributed by atoms with van der Waals surface area (Å²) in [5, 5.41) is 4.81. The lowest BCUT2D eigenvalue weighted by molar-refractivity contribution is 0.588. The molecule has 0 unspecified atom stereocenters. The first-order chi connectivity index (χ1) is 18.5. The topological polar surface area (TPSA) is 120 Å². The van der Waals surface area contributed by atoms with E-state index in [0.717, 1.165) is 49.8 Å². The van der Waals surface area contributed by atoms with Crippen molar-refractivity contribution in [3.63, 3.8) is 0 Å². The molecule has 0 atom stereocenters. The molecule has 0 aliphatic rings. The molecule has 9 nitrogen and oxygen atoms in total. The lowest BCUT2D eigenvalue weighted by Gasteiger charge is -2.13. The molecule has 10 heteroatoms. The number of H-pyrrole nitrogens is 1. The maximum Gasteiger partial charge on any atom is 0.349 e. The van der Waals surface area contributed by atoms with Gasteiger partial charge in [0.1, 0.15) is 6.20 Å². The predicted octanol–water partition coefficient (Wildman–Crippen LogP) is 3.98. The van der Waals surface area contributed by atoms with E-state index < -0.39 is 21.3 Å². The number of hydrogen-bond donors (Lipinski definition) is 1. The van der Waals surface area contributed by atoms with E-state index in [1.807, 2.05) is 76.2 Å². The third kappa shape index (κ3) is 5.20. The van der Waals surface area contributed by atoms with Crippen molar-refractivity contribution < 1.29 is 8.42 Å². The SMILES string of the molecule is Cc1cc(-n2ncc(=O)[nH]c2=O)cc(C)c1Cc1cc2c(C(C)C)cn(S(=O)(=O)Cc3ccccc3)c2cn1. The summed E-state index contributed by atoms with van der Waals surface area (Å²) in [7, 11) is -3.65. The monoisotopic (exact) mass is 543 g/mol. The van der Waals surface area contributed by atoms with E-state index in [1.165, 1.54) is 3.97 Å². The minimum atomic E-state index is -3.65. The molecule has 0 aliphatic carbocycles. The summed E-state index contributed by atoms with van der Waals surface area (Å²) < 4.78 is 29.3. The van der Waals surface area contributed by atoms with Crippen LogP contribution < -0.4 is 11.2 Å². The second-order valence-electron chi connectivity index (χ2n) is 10.1. The average molecular weight is 544 g/mol. The smallest absolute Gasteiger partial charge is 0.271 e. The van der Waals surface area contributed by atoms with Gasteiger partial charge in [-0.25, -0.2) is 17.2 Å². The van der Waals surface area contributed by atoms with Gasteiger partial charge in [0.15, 0.2) is 0 Å². The van der Waals surface area contributed by atoms with E-state index in [2.05, 4.69) is 15.1 Å². The Morgan fingerprint density at radius 1 is 0.974 bits per heavy atom. The van der Waals surface area contributed by atoms with Crippen LogP contribution in [0.3, 0.4) is 0 Å². The summed E-state index contributed by atoms with van der Waals surface area (Å²) in [5.41, 5.74) is 5.37. The van der Waals surface area contributed by atoms with Crippen molar-refractivity contribution in [2.45, 2.75) is 45.8 Å². The van der Waals surface area contributed by atoms with Crippen LogP contribution in [0.1, 0.15) is 53.3 Å². The van der Waals surface area contributed by atoms with Gasteiger partial charge in [0.25, 0.3) is 5.56 Å². The Hall–Kier alpha value is -4.31. The summed E-state index contributed by atoms with van der Waals surface area (Å²) >= 11 is 0. The number of fused-ring (bicyclic) bond motifs is 1. The van der Waals surface area contributed by atoms with Gasteiger partial charge in [-0.3, -0.25) is 14.8 Å². The van der Waals surface area contributed by atoms with Crippen LogP contribution in [0.25, 0.3) is 16.6 Å². The maximum atomic E-state index is 13.4. The Bertz CT molecular complexity index is 1900. The van der Waals surface area contributed by atoms with Gasteiger partial charge in [-0.15, -0.1) is 0 Å². The number of nitrogens with one attached hydrogen (secondary N) is 1. The van der Waals surface area contributed by atoms with Crippen molar-refractivity contribution in [3.05, 3.63) is 121 Å². The predicted molar refractivity (Wildman–Crippen MR) is 151 cm³/mol. The molecule has 5 aromatic rings. The first-order valence-electron chi connectivity index (χ1n) is 12.6. The minimum absolute atomic E-state index is 0.102. The van der Waals surface area contributed by atoms with Gasteiger partial charge >= 0.3 is 5.69 Å². The number of nitrogens with zero attached hydrogens (tertiary/aromatic N) is 4. The van der Waals surface area contributed by atoms with Crippen LogP contribution in [-0.4, -0.2) is 32.1 Å². The molecule has 0 aliphatic heterocycles. The highest BCUT2D eigenvalue weighted by molar-refractivity contribution is 7.89. The van der Waals surface area contributed by atoms with E-state index in [0.29, 0.717) is 17.6 Å². The van der Waals surface area contributed by atoms with Crippen LogP contribution in [0, 0.1) is 13.8 Å². The van der Waals surface area contributed by atoms with E-state index in [-0.39, 0.29) is 11.7 Å². The molecule has 0 fully saturated rings. The van der Waals surface area contributed by atoms with E-state index in [9.17, 15) is 18.0 Å². The molecule has 5 rings (SSSR count).